The van der Waals surface area contributed by atoms with E-state index in [1.54, 1.807) is 0 Å². The van der Waals surface area contributed by atoms with Gasteiger partial charge in [0.2, 0.25) is 0 Å². The predicted octanol–water partition coefficient (Wildman–Crippen LogP) is 2.50. The average molecular weight is 198 g/mol. The number of hydrogen-bond donors (Lipinski definition) is 1. The first-order chi connectivity index (χ1) is 6.77. The van der Waals surface area contributed by atoms with Crippen LogP contribution in [-0.4, -0.2) is 23.4 Å². The zero-order valence-corrected chi connectivity index (χ0v) is 9.17. The van der Waals surface area contributed by atoms with Gasteiger partial charge in [-0.2, -0.15) is 0 Å². The van der Waals surface area contributed by atoms with Crippen molar-refractivity contribution < 1.29 is 9.84 Å². The highest BCUT2D eigenvalue weighted by atomic mass is 16.5. The predicted molar refractivity (Wildman–Crippen MR) is 56.2 cm³/mol. The van der Waals surface area contributed by atoms with Gasteiger partial charge in [-0.15, -0.1) is 0 Å². The summed E-state index contributed by atoms with van der Waals surface area (Å²) in [5.74, 6) is 0.686. The monoisotopic (exact) mass is 198 g/mol. The average Bonchev–Trinajstić information content (AvgIpc) is 2.23. The Bertz CT molecular complexity index is 189. The van der Waals surface area contributed by atoms with Crippen molar-refractivity contribution in [2.24, 2.45) is 5.92 Å². The molecule has 1 N–H and O–H groups in total. The van der Waals surface area contributed by atoms with E-state index in [0.29, 0.717) is 5.92 Å². The van der Waals surface area contributed by atoms with Crippen LogP contribution in [0.1, 0.15) is 51.9 Å². The van der Waals surface area contributed by atoms with E-state index in [0.717, 1.165) is 6.42 Å². The van der Waals surface area contributed by atoms with E-state index in [9.17, 15) is 0 Å². The minimum Gasteiger partial charge on any atom is -0.394 e. The first kappa shape index (κ1) is 10.4. The lowest BCUT2D eigenvalue weighted by atomic mass is 9.72. The molecule has 14 heavy (non-hydrogen) atoms. The molecule has 0 aromatic rings. The van der Waals surface area contributed by atoms with Gasteiger partial charge in [0.15, 0.2) is 0 Å². The van der Waals surface area contributed by atoms with Crippen LogP contribution in [0.25, 0.3) is 0 Å². The maximum Gasteiger partial charge on any atom is 0.0813 e. The van der Waals surface area contributed by atoms with Gasteiger partial charge in [-0.1, -0.05) is 19.8 Å². The summed E-state index contributed by atoms with van der Waals surface area (Å²) in [7, 11) is 0. The third kappa shape index (κ3) is 1.82. The lowest BCUT2D eigenvalue weighted by Crippen LogP contribution is -2.48. The molecular formula is C12H22O2. The van der Waals surface area contributed by atoms with Crippen LogP contribution in [0.4, 0.5) is 0 Å². The molecular weight excluding hydrogens is 176 g/mol. The third-order valence-corrected chi connectivity index (χ3v) is 4.12. The molecule has 1 heterocycles. The topological polar surface area (TPSA) is 29.5 Å². The molecule has 0 aromatic carbocycles. The molecule has 82 valence electrons. The maximum atomic E-state index is 9.17. The van der Waals surface area contributed by atoms with E-state index in [4.69, 9.17) is 9.84 Å². The molecule has 3 atom stereocenters. The Hall–Kier alpha value is -0.0800. The van der Waals surface area contributed by atoms with Gasteiger partial charge in [-0.05, 0) is 38.0 Å². The van der Waals surface area contributed by atoms with Crippen LogP contribution in [0.5, 0.6) is 0 Å². The second-order valence-electron chi connectivity index (χ2n) is 5.03. The Morgan fingerprint density at radius 2 is 2.00 bits per heavy atom. The van der Waals surface area contributed by atoms with Gasteiger partial charge < -0.3 is 9.84 Å². The number of aliphatic hydroxyl groups is 1. The zero-order valence-electron chi connectivity index (χ0n) is 9.17. The van der Waals surface area contributed by atoms with E-state index < -0.39 is 0 Å². The highest BCUT2D eigenvalue weighted by molar-refractivity contribution is 4.93. The smallest absolute Gasteiger partial charge is 0.0813 e. The van der Waals surface area contributed by atoms with Gasteiger partial charge in [0, 0.05) is 0 Å². The summed E-state index contributed by atoms with van der Waals surface area (Å²) >= 11 is 0. The van der Waals surface area contributed by atoms with E-state index >= 15 is 0 Å². The largest absolute Gasteiger partial charge is 0.394 e. The second kappa shape index (κ2) is 4.19. The summed E-state index contributed by atoms with van der Waals surface area (Å²) < 4.78 is 6.13. The SMILES string of the molecule is CC1CCCCC12CCCC(CO)O2. The summed E-state index contributed by atoms with van der Waals surface area (Å²) in [6.45, 7) is 2.52. The molecule has 3 unspecified atom stereocenters. The van der Waals surface area contributed by atoms with Crippen molar-refractivity contribution in [3.05, 3.63) is 0 Å². The minimum absolute atomic E-state index is 0.115. The van der Waals surface area contributed by atoms with Gasteiger partial charge in [0.25, 0.3) is 0 Å². The van der Waals surface area contributed by atoms with Crippen LogP contribution in [0.3, 0.4) is 0 Å². The Morgan fingerprint density at radius 1 is 1.21 bits per heavy atom. The Morgan fingerprint density at radius 3 is 2.71 bits per heavy atom. The Kier molecular flexibility index (Phi) is 3.13. The highest BCUT2D eigenvalue weighted by Crippen LogP contribution is 2.43. The second-order valence-corrected chi connectivity index (χ2v) is 5.03. The molecule has 0 aromatic heterocycles. The maximum absolute atomic E-state index is 9.17. The number of hydrogen-bond acceptors (Lipinski definition) is 2. The Labute approximate surface area is 86.6 Å². The standard InChI is InChI=1S/C12H22O2/c1-10-5-2-3-7-12(10)8-4-6-11(9-13)14-12/h10-11,13H,2-9H2,1H3. The lowest BCUT2D eigenvalue weighted by Gasteiger charge is -2.47. The van der Waals surface area contributed by atoms with Crippen LogP contribution in [0.2, 0.25) is 0 Å². The summed E-state index contributed by atoms with van der Waals surface area (Å²) in [4.78, 5) is 0. The van der Waals surface area contributed by atoms with Crippen LogP contribution in [-0.2, 0) is 4.74 Å². The summed E-state index contributed by atoms with van der Waals surface area (Å²) in [5.41, 5.74) is 0.129. The molecule has 1 saturated heterocycles. The van der Waals surface area contributed by atoms with Crippen molar-refractivity contribution >= 4 is 0 Å². The normalized spacial score (nSPS) is 44.1. The van der Waals surface area contributed by atoms with Crippen LogP contribution in [0.15, 0.2) is 0 Å². The highest BCUT2D eigenvalue weighted by Gasteiger charge is 2.42. The molecule has 1 aliphatic carbocycles. The van der Waals surface area contributed by atoms with Crippen molar-refractivity contribution in [1.29, 1.82) is 0 Å². The van der Waals surface area contributed by atoms with Crippen molar-refractivity contribution in [1.82, 2.24) is 0 Å². The fourth-order valence-corrected chi connectivity index (χ4v) is 3.14. The molecule has 0 bridgehead atoms. The molecule has 2 rings (SSSR count). The molecule has 2 fully saturated rings. The molecule has 0 radical (unpaired) electrons. The first-order valence-corrected chi connectivity index (χ1v) is 6.05. The summed E-state index contributed by atoms with van der Waals surface area (Å²) in [6.07, 6.45) is 8.79. The quantitative estimate of drug-likeness (QED) is 0.701. The van der Waals surface area contributed by atoms with Crippen molar-refractivity contribution in [2.45, 2.75) is 63.6 Å². The number of ether oxygens (including phenoxy) is 1. The fraction of sp³-hybridized carbons (Fsp3) is 1.00. The fourth-order valence-electron chi connectivity index (χ4n) is 3.14. The number of aliphatic hydroxyl groups excluding tert-OH is 1. The molecule has 1 aliphatic heterocycles. The van der Waals surface area contributed by atoms with E-state index in [1.807, 2.05) is 0 Å². The zero-order chi connectivity index (χ0) is 10.0. The molecule has 2 aliphatic rings. The summed E-state index contributed by atoms with van der Waals surface area (Å²) in [6, 6.07) is 0. The molecule has 2 heteroatoms. The first-order valence-electron chi connectivity index (χ1n) is 6.05. The van der Waals surface area contributed by atoms with E-state index in [-0.39, 0.29) is 18.3 Å². The van der Waals surface area contributed by atoms with Gasteiger partial charge in [0.1, 0.15) is 0 Å². The van der Waals surface area contributed by atoms with Gasteiger partial charge in [-0.3, -0.25) is 0 Å². The summed E-state index contributed by atoms with van der Waals surface area (Å²) in [5, 5.41) is 9.17. The van der Waals surface area contributed by atoms with Crippen molar-refractivity contribution in [3.8, 4) is 0 Å². The van der Waals surface area contributed by atoms with Crippen molar-refractivity contribution in [2.75, 3.05) is 6.61 Å². The molecule has 2 nitrogen and oxygen atoms in total. The van der Waals surface area contributed by atoms with Gasteiger partial charge in [0.05, 0.1) is 18.3 Å². The molecule has 0 amide bonds. The van der Waals surface area contributed by atoms with E-state index in [1.165, 1.54) is 38.5 Å². The lowest BCUT2D eigenvalue weighted by molar-refractivity contribution is -0.180. The van der Waals surface area contributed by atoms with Crippen LogP contribution < -0.4 is 0 Å². The minimum atomic E-state index is 0.115. The van der Waals surface area contributed by atoms with Crippen LogP contribution in [0, 0.1) is 5.92 Å². The third-order valence-electron chi connectivity index (χ3n) is 4.12. The molecule has 1 saturated carbocycles. The van der Waals surface area contributed by atoms with E-state index in [2.05, 4.69) is 6.92 Å². The Balaban J connectivity index is 2.04. The van der Waals surface area contributed by atoms with Gasteiger partial charge in [-0.25, -0.2) is 0 Å². The van der Waals surface area contributed by atoms with Gasteiger partial charge >= 0.3 is 0 Å². The van der Waals surface area contributed by atoms with Crippen molar-refractivity contribution in [3.63, 3.8) is 0 Å². The number of rotatable bonds is 1. The molecule has 1 spiro atoms. The van der Waals surface area contributed by atoms with Crippen LogP contribution >= 0.6 is 0 Å².